The van der Waals surface area contributed by atoms with Gasteiger partial charge in [-0.3, -0.25) is 4.79 Å². The second kappa shape index (κ2) is 7.81. The van der Waals surface area contributed by atoms with Gasteiger partial charge in [0.05, 0.1) is 5.69 Å². The van der Waals surface area contributed by atoms with Gasteiger partial charge in [0.2, 0.25) is 5.91 Å². The number of sulfonamides is 1. The predicted octanol–water partition coefficient (Wildman–Crippen LogP) is 1.85. The molecule has 0 unspecified atom stereocenters. The number of carbonyl (C=O) groups is 1. The molecule has 31 heavy (non-hydrogen) atoms. The first kappa shape index (κ1) is 19.7. The molecule has 0 atom stereocenters. The van der Waals surface area contributed by atoms with Crippen molar-refractivity contribution in [2.24, 2.45) is 10.3 Å². The van der Waals surface area contributed by atoms with Crippen LogP contribution in [-0.4, -0.2) is 54.1 Å². The molecule has 3 aromatic rings. The first-order valence-corrected chi connectivity index (χ1v) is 11.8. The van der Waals surface area contributed by atoms with E-state index in [9.17, 15) is 13.2 Å². The third-order valence-electron chi connectivity index (χ3n) is 5.87. The molecule has 1 saturated heterocycles. The van der Waals surface area contributed by atoms with Crippen LogP contribution in [-0.2, 0) is 21.2 Å². The molecule has 4 heterocycles. The number of piperidine rings is 1. The number of nitrogens with one attached hydrogen (secondary N) is 1. The number of amides is 1. The molecule has 5 rings (SSSR count). The first-order chi connectivity index (χ1) is 15.0. The molecule has 0 radical (unpaired) electrons. The molecule has 1 N–H and O–H groups in total. The van der Waals surface area contributed by atoms with Gasteiger partial charge in [-0.1, -0.05) is 18.2 Å². The fraction of sp³-hybridized carbons (Fsp3) is 0.318. The molecule has 2 aliphatic rings. The van der Waals surface area contributed by atoms with Gasteiger partial charge in [-0.2, -0.15) is 8.42 Å². The van der Waals surface area contributed by atoms with Gasteiger partial charge in [0.15, 0.2) is 5.84 Å². The van der Waals surface area contributed by atoms with Gasteiger partial charge in [0.1, 0.15) is 10.5 Å². The number of carbonyl (C=O) groups excluding carboxylic acids is 1. The minimum atomic E-state index is -3.62. The number of benzene rings is 1. The second-order valence-corrected chi connectivity index (χ2v) is 9.46. The smallest absolute Gasteiger partial charge is 0.285 e. The summed E-state index contributed by atoms with van der Waals surface area (Å²) in [5, 5.41) is 3.03. The number of imidazole rings is 1. The van der Waals surface area contributed by atoms with Crippen molar-refractivity contribution in [3.8, 4) is 0 Å². The maximum Gasteiger partial charge on any atom is 0.285 e. The van der Waals surface area contributed by atoms with Crippen molar-refractivity contribution < 1.29 is 13.2 Å². The topological polar surface area (TPSA) is 96.1 Å². The van der Waals surface area contributed by atoms with Crippen molar-refractivity contribution in [1.29, 1.82) is 0 Å². The lowest BCUT2D eigenvalue weighted by molar-refractivity contribution is -0.126. The molecule has 0 saturated carbocycles. The molecule has 0 bridgehead atoms. The van der Waals surface area contributed by atoms with Crippen LogP contribution >= 0.6 is 0 Å². The van der Waals surface area contributed by atoms with E-state index in [1.54, 1.807) is 18.2 Å². The Balaban J connectivity index is 1.15. The van der Waals surface area contributed by atoms with Crippen molar-refractivity contribution in [2.75, 3.05) is 19.6 Å². The summed E-state index contributed by atoms with van der Waals surface area (Å²) in [7, 11) is -3.62. The Morgan fingerprint density at radius 2 is 1.87 bits per heavy atom. The first-order valence-electron chi connectivity index (χ1n) is 10.4. The van der Waals surface area contributed by atoms with Gasteiger partial charge >= 0.3 is 0 Å². The van der Waals surface area contributed by atoms with Gasteiger partial charge in [-0.15, -0.1) is 4.40 Å². The quantitative estimate of drug-likeness (QED) is 0.672. The standard InChI is InChI=1S/C22H23N5O3S/c28-22(23-11-8-17-15-27-12-4-3-7-20(27)24-17)16-9-13-26(14-10-16)21-18-5-1-2-6-19(18)31(29,30)25-21/h1-7,12,15-16H,8-11,13-14H2,(H,23,28). The Labute approximate surface area is 180 Å². The fourth-order valence-corrected chi connectivity index (χ4v) is 5.46. The van der Waals surface area contributed by atoms with Crippen LogP contribution in [0, 0.1) is 5.92 Å². The van der Waals surface area contributed by atoms with Crippen molar-refractivity contribution >= 4 is 27.4 Å². The number of pyridine rings is 1. The molecule has 0 aliphatic carbocycles. The zero-order valence-corrected chi connectivity index (χ0v) is 17.8. The number of fused-ring (bicyclic) bond motifs is 2. The summed E-state index contributed by atoms with van der Waals surface area (Å²) in [6, 6.07) is 12.8. The molecule has 1 amide bonds. The van der Waals surface area contributed by atoms with Crippen molar-refractivity contribution in [2.45, 2.75) is 24.2 Å². The van der Waals surface area contributed by atoms with E-state index >= 15 is 0 Å². The summed E-state index contributed by atoms with van der Waals surface area (Å²) < 4.78 is 30.5. The largest absolute Gasteiger partial charge is 0.355 e. The molecule has 160 valence electrons. The summed E-state index contributed by atoms with van der Waals surface area (Å²) in [5.74, 6) is 0.470. The maximum atomic E-state index is 12.6. The second-order valence-electron chi connectivity index (χ2n) is 7.89. The summed E-state index contributed by atoms with van der Waals surface area (Å²) in [5.41, 5.74) is 2.49. The Hall–Kier alpha value is -3.20. The molecule has 2 aliphatic heterocycles. The van der Waals surface area contributed by atoms with Gasteiger partial charge in [0.25, 0.3) is 10.0 Å². The van der Waals surface area contributed by atoms with Crippen LogP contribution < -0.4 is 5.32 Å². The number of likely N-dealkylation sites (tertiary alicyclic amines) is 1. The van der Waals surface area contributed by atoms with Crippen LogP contribution in [0.1, 0.15) is 24.1 Å². The molecular weight excluding hydrogens is 414 g/mol. The number of amidine groups is 1. The highest BCUT2D eigenvalue weighted by Gasteiger charge is 2.34. The highest BCUT2D eigenvalue weighted by molar-refractivity contribution is 7.90. The summed E-state index contributed by atoms with van der Waals surface area (Å²) in [6.45, 7) is 1.75. The van der Waals surface area contributed by atoms with Crippen LogP contribution in [0.15, 0.2) is 64.2 Å². The summed E-state index contributed by atoms with van der Waals surface area (Å²) in [6.07, 6.45) is 5.95. The maximum absolute atomic E-state index is 12.6. The van der Waals surface area contributed by atoms with E-state index in [2.05, 4.69) is 14.7 Å². The van der Waals surface area contributed by atoms with Crippen molar-refractivity contribution in [1.82, 2.24) is 19.6 Å². The Morgan fingerprint density at radius 1 is 1.10 bits per heavy atom. The van der Waals surface area contributed by atoms with Crippen LogP contribution in [0.5, 0.6) is 0 Å². The molecule has 8 nitrogen and oxygen atoms in total. The third kappa shape index (κ3) is 3.81. The van der Waals surface area contributed by atoms with Gasteiger partial charge < -0.3 is 14.6 Å². The van der Waals surface area contributed by atoms with Crippen LogP contribution in [0.2, 0.25) is 0 Å². The van der Waals surface area contributed by atoms with E-state index in [0.29, 0.717) is 50.3 Å². The van der Waals surface area contributed by atoms with E-state index in [1.165, 1.54) is 0 Å². The molecular formula is C22H23N5O3S. The lowest BCUT2D eigenvalue weighted by atomic mass is 9.95. The molecule has 1 aromatic carbocycles. The predicted molar refractivity (Wildman–Crippen MR) is 116 cm³/mol. The molecule has 1 fully saturated rings. The minimum Gasteiger partial charge on any atom is -0.355 e. The van der Waals surface area contributed by atoms with Gasteiger partial charge in [-0.05, 0) is 37.1 Å². The SMILES string of the molecule is O=C(NCCc1cn2ccccc2n1)C1CCN(C2=NS(=O)(=O)c3ccccc32)CC1. The Morgan fingerprint density at radius 3 is 2.68 bits per heavy atom. The highest BCUT2D eigenvalue weighted by Crippen LogP contribution is 2.29. The normalized spacial score (nSPS) is 18.1. The zero-order chi connectivity index (χ0) is 21.4. The van der Waals surface area contributed by atoms with E-state index < -0.39 is 10.0 Å². The van der Waals surface area contributed by atoms with E-state index in [1.807, 2.05) is 46.0 Å². The lowest BCUT2D eigenvalue weighted by Crippen LogP contribution is -2.43. The van der Waals surface area contributed by atoms with Crippen LogP contribution in [0.25, 0.3) is 5.65 Å². The number of nitrogens with zero attached hydrogens (tertiary/aromatic N) is 4. The van der Waals surface area contributed by atoms with Gasteiger partial charge in [-0.25, -0.2) is 4.98 Å². The van der Waals surface area contributed by atoms with Crippen molar-refractivity contribution in [3.05, 3.63) is 66.1 Å². The Bertz CT molecular complexity index is 1240. The van der Waals surface area contributed by atoms with E-state index in [-0.39, 0.29) is 16.7 Å². The van der Waals surface area contributed by atoms with Gasteiger partial charge in [0, 0.05) is 49.9 Å². The van der Waals surface area contributed by atoms with Crippen LogP contribution in [0.4, 0.5) is 0 Å². The molecule has 2 aromatic heterocycles. The monoisotopic (exact) mass is 437 g/mol. The highest BCUT2D eigenvalue weighted by atomic mass is 32.2. The number of hydrogen-bond donors (Lipinski definition) is 1. The lowest BCUT2D eigenvalue weighted by Gasteiger charge is -2.32. The average molecular weight is 438 g/mol. The fourth-order valence-electron chi connectivity index (χ4n) is 4.24. The van der Waals surface area contributed by atoms with Crippen LogP contribution in [0.3, 0.4) is 0 Å². The summed E-state index contributed by atoms with van der Waals surface area (Å²) >= 11 is 0. The minimum absolute atomic E-state index is 0.0461. The number of aromatic nitrogens is 2. The Kier molecular flexibility index (Phi) is 4.97. The molecule has 9 heteroatoms. The third-order valence-corrected chi connectivity index (χ3v) is 7.20. The molecule has 0 spiro atoms. The summed E-state index contributed by atoms with van der Waals surface area (Å²) in [4.78, 5) is 19.4. The number of rotatable bonds is 4. The van der Waals surface area contributed by atoms with E-state index in [0.717, 1.165) is 11.3 Å². The zero-order valence-electron chi connectivity index (χ0n) is 16.9. The average Bonchev–Trinajstić information content (AvgIpc) is 3.32. The van der Waals surface area contributed by atoms with E-state index in [4.69, 9.17) is 0 Å². The van der Waals surface area contributed by atoms with Crippen molar-refractivity contribution in [3.63, 3.8) is 0 Å². The number of hydrogen-bond acceptors (Lipinski definition) is 5.